The standard InChI is InChI=1S/C21H18ClN5O/c22-18-11-19(27-21(25-18)17(12-24-27)20(23)28)26(13-15-7-3-1-4-8-15)14-16-9-5-2-6-10-16/h1-12H,13-14H2,(H2,23,28). The first-order chi connectivity index (χ1) is 13.6. The summed E-state index contributed by atoms with van der Waals surface area (Å²) in [5, 5.41) is 4.61. The number of amides is 1. The van der Waals surface area contributed by atoms with Crippen molar-refractivity contribution < 1.29 is 4.79 Å². The van der Waals surface area contributed by atoms with Crippen molar-refractivity contribution in [1.82, 2.24) is 14.6 Å². The first-order valence-electron chi connectivity index (χ1n) is 8.78. The average Bonchev–Trinajstić information content (AvgIpc) is 3.12. The van der Waals surface area contributed by atoms with E-state index in [1.807, 2.05) is 36.4 Å². The lowest BCUT2D eigenvalue weighted by molar-refractivity contribution is 0.100. The lowest BCUT2D eigenvalue weighted by atomic mass is 10.1. The van der Waals surface area contributed by atoms with E-state index in [4.69, 9.17) is 17.3 Å². The van der Waals surface area contributed by atoms with E-state index < -0.39 is 5.91 Å². The Bertz CT molecular complexity index is 1070. The summed E-state index contributed by atoms with van der Waals surface area (Å²) in [7, 11) is 0. The van der Waals surface area contributed by atoms with Crippen molar-refractivity contribution in [3.05, 3.63) is 94.8 Å². The fraction of sp³-hybridized carbons (Fsp3) is 0.0952. The number of hydrogen-bond acceptors (Lipinski definition) is 4. The van der Waals surface area contributed by atoms with Crippen molar-refractivity contribution in [2.75, 3.05) is 4.90 Å². The van der Waals surface area contributed by atoms with Crippen LogP contribution in [-0.4, -0.2) is 20.5 Å². The quantitative estimate of drug-likeness (QED) is 0.508. The number of rotatable bonds is 6. The molecule has 28 heavy (non-hydrogen) atoms. The summed E-state index contributed by atoms with van der Waals surface area (Å²) in [6.45, 7) is 1.27. The second kappa shape index (κ2) is 7.70. The van der Waals surface area contributed by atoms with Crippen LogP contribution in [0.5, 0.6) is 0 Å². The number of nitrogens with zero attached hydrogens (tertiary/aromatic N) is 4. The number of anilines is 1. The fourth-order valence-corrected chi connectivity index (χ4v) is 3.32. The molecule has 0 atom stereocenters. The van der Waals surface area contributed by atoms with Gasteiger partial charge >= 0.3 is 0 Å². The maximum absolute atomic E-state index is 11.7. The lowest BCUT2D eigenvalue weighted by Gasteiger charge is -2.25. The highest BCUT2D eigenvalue weighted by molar-refractivity contribution is 6.29. The van der Waals surface area contributed by atoms with E-state index in [1.54, 1.807) is 10.6 Å². The molecule has 7 heteroatoms. The summed E-state index contributed by atoms with van der Waals surface area (Å²) in [4.78, 5) is 18.1. The molecule has 2 aromatic carbocycles. The van der Waals surface area contributed by atoms with E-state index in [1.165, 1.54) is 6.20 Å². The molecule has 0 radical (unpaired) electrons. The number of carbonyl (C=O) groups is 1. The van der Waals surface area contributed by atoms with Crippen molar-refractivity contribution >= 4 is 29.0 Å². The molecule has 6 nitrogen and oxygen atoms in total. The highest BCUT2D eigenvalue weighted by Crippen LogP contribution is 2.25. The maximum Gasteiger partial charge on any atom is 0.254 e. The second-order valence-corrected chi connectivity index (χ2v) is 6.81. The predicted octanol–water partition coefficient (Wildman–Crippen LogP) is 3.69. The highest BCUT2D eigenvalue weighted by atomic mass is 35.5. The molecule has 140 valence electrons. The van der Waals surface area contributed by atoms with Gasteiger partial charge in [0.1, 0.15) is 16.5 Å². The third kappa shape index (κ3) is 3.68. The summed E-state index contributed by atoms with van der Waals surface area (Å²) in [6, 6.07) is 22.0. The normalized spacial score (nSPS) is 10.9. The van der Waals surface area contributed by atoms with Crippen LogP contribution in [-0.2, 0) is 13.1 Å². The number of aromatic nitrogens is 3. The highest BCUT2D eigenvalue weighted by Gasteiger charge is 2.19. The molecule has 0 bridgehead atoms. The van der Waals surface area contributed by atoms with Crippen molar-refractivity contribution in [3.8, 4) is 0 Å². The fourth-order valence-electron chi connectivity index (χ4n) is 3.14. The Hall–Kier alpha value is -3.38. The van der Waals surface area contributed by atoms with Crippen molar-refractivity contribution in [1.29, 1.82) is 0 Å². The molecule has 4 aromatic rings. The van der Waals surface area contributed by atoms with Gasteiger partial charge in [-0.2, -0.15) is 9.61 Å². The Balaban J connectivity index is 1.82. The maximum atomic E-state index is 11.7. The van der Waals surface area contributed by atoms with E-state index in [2.05, 4.69) is 39.2 Å². The molecule has 0 aliphatic carbocycles. The molecule has 0 aliphatic heterocycles. The summed E-state index contributed by atoms with van der Waals surface area (Å²) in [5.41, 5.74) is 8.33. The van der Waals surface area contributed by atoms with E-state index >= 15 is 0 Å². The number of primary amides is 1. The molecule has 0 saturated carbocycles. The number of halogens is 1. The minimum atomic E-state index is -0.589. The smallest absolute Gasteiger partial charge is 0.254 e. The first kappa shape index (κ1) is 18.0. The number of fused-ring (bicyclic) bond motifs is 1. The number of benzene rings is 2. The zero-order valence-corrected chi connectivity index (χ0v) is 15.8. The SMILES string of the molecule is NC(=O)c1cnn2c(N(Cc3ccccc3)Cc3ccccc3)cc(Cl)nc12. The Morgan fingerprint density at radius 3 is 2.11 bits per heavy atom. The van der Waals surface area contributed by atoms with E-state index in [9.17, 15) is 4.79 Å². The van der Waals surface area contributed by atoms with Gasteiger partial charge in [-0.1, -0.05) is 72.3 Å². The van der Waals surface area contributed by atoms with Crippen LogP contribution in [0.1, 0.15) is 21.5 Å². The minimum Gasteiger partial charge on any atom is -0.365 e. The lowest BCUT2D eigenvalue weighted by Crippen LogP contribution is -2.25. The molecule has 0 spiro atoms. The van der Waals surface area contributed by atoms with Gasteiger partial charge in [-0.05, 0) is 11.1 Å². The van der Waals surface area contributed by atoms with Crippen LogP contribution in [0.4, 0.5) is 5.82 Å². The van der Waals surface area contributed by atoms with Gasteiger partial charge in [-0.15, -0.1) is 0 Å². The van der Waals surface area contributed by atoms with Crippen molar-refractivity contribution in [2.45, 2.75) is 13.1 Å². The molecule has 0 aliphatic rings. The topological polar surface area (TPSA) is 76.5 Å². The second-order valence-electron chi connectivity index (χ2n) is 6.42. The van der Waals surface area contributed by atoms with Crippen LogP contribution in [0.3, 0.4) is 0 Å². The predicted molar refractivity (Wildman–Crippen MR) is 109 cm³/mol. The van der Waals surface area contributed by atoms with E-state index in [0.717, 1.165) is 16.9 Å². The Kier molecular flexibility index (Phi) is 4.95. The Morgan fingerprint density at radius 1 is 1.00 bits per heavy atom. The molecule has 4 rings (SSSR count). The largest absolute Gasteiger partial charge is 0.365 e. The zero-order valence-electron chi connectivity index (χ0n) is 15.0. The molecule has 0 saturated heterocycles. The molecule has 1 amide bonds. The van der Waals surface area contributed by atoms with Crippen LogP contribution in [0.15, 0.2) is 72.9 Å². The molecular formula is C21H18ClN5O. The summed E-state index contributed by atoms with van der Waals surface area (Å²) < 4.78 is 1.61. The van der Waals surface area contributed by atoms with Crippen molar-refractivity contribution in [3.63, 3.8) is 0 Å². The monoisotopic (exact) mass is 391 g/mol. The van der Waals surface area contributed by atoms with Crippen LogP contribution in [0.2, 0.25) is 5.15 Å². The zero-order chi connectivity index (χ0) is 19.5. The summed E-state index contributed by atoms with van der Waals surface area (Å²) in [5.74, 6) is 0.142. The Morgan fingerprint density at radius 2 is 1.57 bits per heavy atom. The third-order valence-electron chi connectivity index (χ3n) is 4.44. The van der Waals surface area contributed by atoms with Crippen LogP contribution in [0, 0.1) is 0 Å². The van der Waals surface area contributed by atoms with Gasteiger partial charge in [-0.3, -0.25) is 4.79 Å². The van der Waals surface area contributed by atoms with E-state index in [-0.39, 0.29) is 10.7 Å². The molecule has 2 aromatic heterocycles. The van der Waals surface area contributed by atoms with Crippen LogP contribution >= 0.6 is 11.6 Å². The van der Waals surface area contributed by atoms with Crippen LogP contribution < -0.4 is 10.6 Å². The molecular weight excluding hydrogens is 374 g/mol. The third-order valence-corrected chi connectivity index (χ3v) is 4.64. The molecule has 2 heterocycles. The molecule has 0 unspecified atom stereocenters. The van der Waals surface area contributed by atoms with Gasteiger partial charge in [0.2, 0.25) is 0 Å². The van der Waals surface area contributed by atoms with Gasteiger partial charge in [0.15, 0.2) is 5.65 Å². The van der Waals surface area contributed by atoms with Gasteiger partial charge in [0.25, 0.3) is 5.91 Å². The van der Waals surface area contributed by atoms with Gasteiger partial charge < -0.3 is 10.6 Å². The first-order valence-corrected chi connectivity index (χ1v) is 9.16. The number of carbonyl (C=O) groups excluding carboxylic acids is 1. The number of nitrogens with two attached hydrogens (primary N) is 1. The summed E-state index contributed by atoms with van der Waals surface area (Å²) in [6.07, 6.45) is 1.42. The van der Waals surface area contributed by atoms with Gasteiger partial charge in [-0.25, -0.2) is 4.98 Å². The Labute approximate surface area is 167 Å². The minimum absolute atomic E-state index is 0.239. The molecule has 2 N–H and O–H groups in total. The van der Waals surface area contributed by atoms with E-state index in [0.29, 0.717) is 18.7 Å². The van der Waals surface area contributed by atoms with Gasteiger partial charge in [0, 0.05) is 19.2 Å². The summed E-state index contributed by atoms with van der Waals surface area (Å²) >= 11 is 6.28. The van der Waals surface area contributed by atoms with Crippen LogP contribution in [0.25, 0.3) is 5.65 Å². The number of hydrogen-bond donors (Lipinski definition) is 1. The van der Waals surface area contributed by atoms with Crippen molar-refractivity contribution in [2.24, 2.45) is 5.73 Å². The van der Waals surface area contributed by atoms with Gasteiger partial charge in [0.05, 0.1) is 6.20 Å². The average molecular weight is 392 g/mol. The molecule has 0 fully saturated rings.